The molecule has 1 amide bonds. The summed E-state index contributed by atoms with van der Waals surface area (Å²) in [6.07, 6.45) is 5.48. The first-order chi connectivity index (χ1) is 14.7. The molecule has 0 bridgehead atoms. The predicted octanol–water partition coefficient (Wildman–Crippen LogP) is 4.32. The molecule has 0 N–H and O–H groups in total. The third kappa shape index (κ3) is 4.79. The Morgan fingerprint density at radius 2 is 1.67 bits per heavy atom. The molecule has 1 aromatic heterocycles. The molecule has 4 rings (SSSR count). The van der Waals surface area contributed by atoms with E-state index in [1.165, 1.54) is 5.56 Å². The highest BCUT2D eigenvalue weighted by Crippen LogP contribution is 2.24. The molecule has 156 valence electrons. The van der Waals surface area contributed by atoms with Crippen molar-refractivity contribution >= 4 is 11.7 Å². The maximum Gasteiger partial charge on any atom is 0.228 e. The smallest absolute Gasteiger partial charge is 0.228 e. The predicted molar refractivity (Wildman–Crippen MR) is 121 cm³/mol. The summed E-state index contributed by atoms with van der Waals surface area (Å²) in [5, 5.41) is 4.73. The molecule has 5 heteroatoms. The number of piperidine rings is 1. The van der Waals surface area contributed by atoms with E-state index in [9.17, 15) is 4.79 Å². The first kappa shape index (κ1) is 20.4. The van der Waals surface area contributed by atoms with Crippen LogP contribution < -0.4 is 4.90 Å². The van der Waals surface area contributed by atoms with Gasteiger partial charge in [0.2, 0.25) is 5.91 Å². The van der Waals surface area contributed by atoms with Gasteiger partial charge in [-0.15, -0.1) is 5.10 Å². The molecule has 0 atom stereocenters. The van der Waals surface area contributed by atoms with Crippen molar-refractivity contribution in [3.8, 4) is 5.69 Å². The lowest BCUT2D eigenvalue weighted by Gasteiger charge is -2.37. The Balaban J connectivity index is 1.40. The lowest BCUT2D eigenvalue weighted by molar-refractivity contribution is -0.119. The summed E-state index contributed by atoms with van der Waals surface area (Å²) < 4.78 is 1.85. The van der Waals surface area contributed by atoms with Gasteiger partial charge in [-0.3, -0.25) is 9.69 Å². The second-order valence-corrected chi connectivity index (χ2v) is 7.88. The lowest BCUT2D eigenvalue weighted by Crippen LogP contribution is -2.48. The molecule has 2 heterocycles. The Morgan fingerprint density at radius 3 is 2.33 bits per heavy atom. The average molecular weight is 403 g/mol. The van der Waals surface area contributed by atoms with E-state index >= 15 is 0 Å². The fraction of sp³-hybridized carbons (Fsp3) is 0.360. The summed E-state index contributed by atoms with van der Waals surface area (Å²) in [6.45, 7) is 5.04. The second kappa shape index (κ2) is 9.72. The fourth-order valence-corrected chi connectivity index (χ4v) is 4.19. The first-order valence-electron chi connectivity index (χ1n) is 10.9. The number of carbonyl (C=O) groups is 1. The molecular formula is C25H30N4O. The molecule has 0 spiro atoms. The van der Waals surface area contributed by atoms with Crippen molar-refractivity contribution in [3.05, 3.63) is 78.5 Å². The minimum atomic E-state index is 0.149. The molecule has 0 unspecified atom stereocenters. The number of amides is 1. The third-order valence-electron chi connectivity index (χ3n) is 5.90. The van der Waals surface area contributed by atoms with Crippen molar-refractivity contribution in [2.45, 2.75) is 38.6 Å². The van der Waals surface area contributed by atoms with Crippen LogP contribution in [0.5, 0.6) is 0 Å². The van der Waals surface area contributed by atoms with E-state index in [4.69, 9.17) is 5.10 Å². The zero-order valence-electron chi connectivity index (χ0n) is 17.7. The number of anilines is 1. The second-order valence-electron chi connectivity index (χ2n) is 7.88. The van der Waals surface area contributed by atoms with E-state index in [1.54, 1.807) is 0 Å². The van der Waals surface area contributed by atoms with Crippen LogP contribution >= 0.6 is 0 Å². The van der Waals surface area contributed by atoms with E-state index in [2.05, 4.69) is 35.2 Å². The van der Waals surface area contributed by atoms with Crippen molar-refractivity contribution in [1.82, 2.24) is 14.7 Å². The van der Waals surface area contributed by atoms with Gasteiger partial charge in [0.1, 0.15) is 0 Å². The number of para-hydroxylation sites is 1. The van der Waals surface area contributed by atoms with Gasteiger partial charge in [0.05, 0.1) is 5.69 Å². The van der Waals surface area contributed by atoms with Crippen LogP contribution in [0.1, 0.15) is 31.7 Å². The Bertz CT molecular complexity index is 930. The van der Waals surface area contributed by atoms with Gasteiger partial charge in [-0.05, 0) is 37.0 Å². The molecule has 1 aliphatic heterocycles. The maximum absolute atomic E-state index is 12.8. The van der Waals surface area contributed by atoms with Gasteiger partial charge < -0.3 is 4.90 Å². The van der Waals surface area contributed by atoms with Gasteiger partial charge in [0.25, 0.3) is 0 Å². The molecule has 5 nitrogen and oxygen atoms in total. The fourth-order valence-electron chi connectivity index (χ4n) is 4.19. The van der Waals surface area contributed by atoms with E-state index in [-0.39, 0.29) is 11.9 Å². The number of nitrogens with zero attached hydrogens (tertiary/aromatic N) is 4. The number of hydrogen-bond acceptors (Lipinski definition) is 3. The Morgan fingerprint density at radius 1 is 1.00 bits per heavy atom. The zero-order valence-corrected chi connectivity index (χ0v) is 17.7. The largest absolute Gasteiger partial charge is 0.303 e. The van der Waals surface area contributed by atoms with Crippen LogP contribution in [-0.2, 0) is 11.2 Å². The van der Waals surface area contributed by atoms with E-state index < -0.39 is 0 Å². The van der Waals surface area contributed by atoms with Gasteiger partial charge >= 0.3 is 0 Å². The van der Waals surface area contributed by atoms with Gasteiger partial charge in [0.15, 0.2) is 5.82 Å². The molecule has 0 aliphatic carbocycles. The number of hydrogen-bond donors (Lipinski definition) is 0. The summed E-state index contributed by atoms with van der Waals surface area (Å²) in [7, 11) is 0. The minimum absolute atomic E-state index is 0.149. The molecule has 2 aromatic carbocycles. The SMILES string of the molecule is CCC(=O)N(c1ccn(-c2ccccc2)n1)C1CCN(CCc2ccccc2)CC1. The number of carbonyl (C=O) groups excluding carboxylic acids is 1. The van der Waals surface area contributed by atoms with Crippen molar-refractivity contribution in [1.29, 1.82) is 0 Å². The topological polar surface area (TPSA) is 41.4 Å². The lowest BCUT2D eigenvalue weighted by atomic mass is 10.0. The summed E-state index contributed by atoms with van der Waals surface area (Å²) in [5.74, 6) is 0.907. The van der Waals surface area contributed by atoms with Crippen LogP contribution in [0.15, 0.2) is 72.9 Å². The van der Waals surface area contributed by atoms with Gasteiger partial charge in [-0.2, -0.15) is 0 Å². The highest BCUT2D eigenvalue weighted by atomic mass is 16.2. The standard InChI is InChI=1S/C25H30N4O/c1-2-25(30)29(24-16-20-28(26-24)22-11-7-4-8-12-22)23-14-18-27(19-15-23)17-13-21-9-5-3-6-10-21/h3-12,16,20,23H,2,13-15,17-19H2,1H3. The van der Waals surface area contributed by atoms with E-state index in [0.717, 1.165) is 50.4 Å². The number of rotatable bonds is 7. The average Bonchev–Trinajstić information content (AvgIpc) is 3.29. The monoisotopic (exact) mass is 402 g/mol. The van der Waals surface area contributed by atoms with Crippen LogP contribution in [0.25, 0.3) is 5.69 Å². The van der Waals surface area contributed by atoms with Crippen LogP contribution in [0.2, 0.25) is 0 Å². The molecule has 0 radical (unpaired) electrons. The molecule has 0 saturated carbocycles. The van der Waals surface area contributed by atoms with Crippen LogP contribution in [0.4, 0.5) is 5.82 Å². The van der Waals surface area contributed by atoms with Gasteiger partial charge in [-0.1, -0.05) is 55.5 Å². The highest BCUT2D eigenvalue weighted by molar-refractivity contribution is 5.92. The molecule has 1 saturated heterocycles. The van der Waals surface area contributed by atoms with Gasteiger partial charge in [0, 0.05) is 44.4 Å². The Labute approximate surface area is 178 Å². The van der Waals surface area contributed by atoms with Crippen LogP contribution in [-0.4, -0.2) is 46.3 Å². The summed E-state index contributed by atoms with van der Waals surface area (Å²) in [4.78, 5) is 17.3. The zero-order chi connectivity index (χ0) is 20.8. The van der Waals surface area contributed by atoms with Crippen LogP contribution in [0.3, 0.4) is 0 Å². The molecular weight excluding hydrogens is 372 g/mol. The number of aromatic nitrogens is 2. The van der Waals surface area contributed by atoms with E-state index in [0.29, 0.717) is 6.42 Å². The Hall–Kier alpha value is -2.92. The van der Waals surface area contributed by atoms with Crippen molar-refractivity contribution in [3.63, 3.8) is 0 Å². The number of likely N-dealkylation sites (tertiary alicyclic amines) is 1. The molecule has 3 aromatic rings. The third-order valence-corrected chi connectivity index (χ3v) is 5.90. The van der Waals surface area contributed by atoms with E-state index in [1.807, 2.05) is 59.1 Å². The molecule has 30 heavy (non-hydrogen) atoms. The number of benzene rings is 2. The Kier molecular flexibility index (Phi) is 6.60. The normalized spacial score (nSPS) is 15.2. The van der Waals surface area contributed by atoms with Crippen molar-refractivity contribution in [2.75, 3.05) is 24.5 Å². The first-order valence-corrected chi connectivity index (χ1v) is 10.9. The quantitative estimate of drug-likeness (QED) is 0.591. The summed E-state index contributed by atoms with van der Waals surface area (Å²) in [5.41, 5.74) is 2.39. The van der Waals surface area contributed by atoms with Crippen molar-refractivity contribution in [2.24, 2.45) is 0 Å². The summed E-state index contributed by atoms with van der Waals surface area (Å²) in [6, 6.07) is 22.9. The van der Waals surface area contributed by atoms with Crippen LogP contribution in [0, 0.1) is 0 Å². The van der Waals surface area contributed by atoms with Gasteiger partial charge in [-0.25, -0.2) is 4.68 Å². The highest BCUT2D eigenvalue weighted by Gasteiger charge is 2.29. The summed E-state index contributed by atoms with van der Waals surface area (Å²) >= 11 is 0. The van der Waals surface area contributed by atoms with Crippen molar-refractivity contribution < 1.29 is 4.79 Å². The maximum atomic E-state index is 12.8. The minimum Gasteiger partial charge on any atom is -0.303 e. The molecule has 1 aliphatic rings. The molecule has 1 fully saturated rings.